The molecule has 0 N–H and O–H groups in total. The van der Waals surface area contributed by atoms with Crippen LogP contribution in [0.15, 0.2) is 53.5 Å². The lowest BCUT2D eigenvalue weighted by Crippen LogP contribution is -2.50. The van der Waals surface area contributed by atoms with E-state index in [1.54, 1.807) is 6.07 Å². The fourth-order valence-corrected chi connectivity index (χ4v) is 5.18. The van der Waals surface area contributed by atoms with Crippen molar-refractivity contribution < 1.29 is 14.0 Å². The Hall–Kier alpha value is -2.84. The number of carbonyl (C=O) groups excluding carboxylic acids is 2. The van der Waals surface area contributed by atoms with Gasteiger partial charge in [-0.05, 0) is 37.2 Å². The maximum Gasteiger partial charge on any atom is 0.282 e. The van der Waals surface area contributed by atoms with Gasteiger partial charge in [-0.25, -0.2) is 4.39 Å². The Labute approximate surface area is 190 Å². The van der Waals surface area contributed by atoms with E-state index in [4.69, 9.17) is 0 Å². The fourth-order valence-electron chi connectivity index (χ4n) is 4.12. The second-order valence-electron chi connectivity index (χ2n) is 7.80. The highest BCUT2D eigenvalue weighted by Gasteiger charge is 2.29. The number of hydrogen-bond donors (Lipinski definition) is 0. The minimum Gasteiger partial charge on any atom is -0.338 e. The first-order valence-corrected chi connectivity index (χ1v) is 11.8. The van der Waals surface area contributed by atoms with Crippen molar-refractivity contribution >= 4 is 33.4 Å². The second-order valence-corrected chi connectivity index (χ2v) is 8.81. The highest BCUT2D eigenvalue weighted by Crippen LogP contribution is 2.24. The van der Waals surface area contributed by atoms with Gasteiger partial charge in [0.25, 0.3) is 5.91 Å². The van der Waals surface area contributed by atoms with Gasteiger partial charge in [-0.1, -0.05) is 49.4 Å². The van der Waals surface area contributed by atoms with Crippen molar-refractivity contribution in [2.75, 3.05) is 32.7 Å². The molecule has 168 valence electrons. The molecule has 6 nitrogen and oxygen atoms in total. The van der Waals surface area contributed by atoms with Crippen LogP contribution < -0.4 is 4.80 Å². The maximum absolute atomic E-state index is 14.2. The molecule has 3 aromatic rings. The van der Waals surface area contributed by atoms with Crippen LogP contribution >= 0.6 is 11.3 Å². The molecule has 2 heterocycles. The molecule has 1 unspecified atom stereocenters. The Morgan fingerprint density at radius 2 is 1.72 bits per heavy atom. The summed E-state index contributed by atoms with van der Waals surface area (Å²) in [4.78, 5) is 35.2. The summed E-state index contributed by atoms with van der Waals surface area (Å²) < 4.78 is 16.9. The molecule has 1 aliphatic heterocycles. The molecule has 1 saturated heterocycles. The molecule has 32 heavy (non-hydrogen) atoms. The normalized spacial score (nSPS) is 16.5. The number of piperazine rings is 1. The molecule has 8 heteroatoms. The van der Waals surface area contributed by atoms with Gasteiger partial charge < -0.3 is 14.4 Å². The second kappa shape index (κ2) is 9.75. The molecule has 2 aromatic carbocycles. The van der Waals surface area contributed by atoms with Crippen LogP contribution in [0.25, 0.3) is 10.2 Å². The van der Waals surface area contributed by atoms with Gasteiger partial charge in [-0.3, -0.25) is 9.59 Å². The minimum absolute atomic E-state index is 0.0339. The Morgan fingerprint density at radius 3 is 2.41 bits per heavy atom. The van der Waals surface area contributed by atoms with E-state index < -0.39 is 17.8 Å². The number of benzene rings is 2. The van der Waals surface area contributed by atoms with E-state index in [2.05, 4.69) is 16.8 Å². The van der Waals surface area contributed by atoms with Gasteiger partial charge in [0.15, 0.2) is 4.80 Å². The number of amides is 2. The van der Waals surface area contributed by atoms with Crippen molar-refractivity contribution in [3.8, 4) is 0 Å². The first-order chi connectivity index (χ1) is 15.5. The maximum atomic E-state index is 14.2. The number of carbonyl (C=O) groups is 2. The van der Waals surface area contributed by atoms with Crippen molar-refractivity contribution in [3.05, 3.63) is 64.7 Å². The van der Waals surface area contributed by atoms with Crippen LogP contribution in [0.1, 0.15) is 36.7 Å². The number of likely N-dealkylation sites (N-methyl/N-ethyl adjacent to an activating group) is 1. The summed E-state index contributed by atoms with van der Waals surface area (Å²) >= 11 is 1.34. The van der Waals surface area contributed by atoms with E-state index in [1.165, 1.54) is 29.5 Å². The predicted octanol–water partition coefficient (Wildman–Crippen LogP) is 3.70. The van der Waals surface area contributed by atoms with Gasteiger partial charge in [0.05, 0.1) is 15.8 Å². The quantitative estimate of drug-likeness (QED) is 0.591. The first kappa shape index (κ1) is 22.4. The number of halogens is 1. The van der Waals surface area contributed by atoms with Crippen molar-refractivity contribution in [3.63, 3.8) is 0 Å². The van der Waals surface area contributed by atoms with E-state index in [9.17, 15) is 14.0 Å². The van der Waals surface area contributed by atoms with Crippen LogP contribution in [0.2, 0.25) is 0 Å². The molecule has 1 aliphatic rings. The van der Waals surface area contributed by atoms with E-state index in [0.29, 0.717) is 24.3 Å². The number of rotatable bonds is 5. The molecule has 1 atom stereocenters. The van der Waals surface area contributed by atoms with E-state index in [-0.39, 0.29) is 11.5 Å². The van der Waals surface area contributed by atoms with Gasteiger partial charge in [0.2, 0.25) is 5.91 Å². The Kier molecular flexibility index (Phi) is 6.81. The zero-order valence-corrected chi connectivity index (χ0v) is 19.1. The van der Waals surface area contributed by atoms with Crippen LogP contribution in [0.3, 0.4) is 0 Å². The third kappa shape index (κ3) is 4.38. The molecule has 2 amide bonds. The van der Waals surface area contributed by atoms with Crippen LogP contribution in [0.5, 0.6) is 0 Å². The number of para-hydroxylation sites is 1. The topological polar surface area (TPSA) is 57.9 Å². The smallest absolute Gasteiger partial charge is 0.282 e. The summed E-state index contributed by atoms with van der Waals surface area (Å²) in [6.07, 6.45) is 0.564. The highest BCUT2D eigenvalue weighted by molar-refractivity contribution is 7.16. The van der Waals surface area contributed by atoms with Crippen molar-refractivity contribution in [2.45, 2.75) is 26.3 Å². The number of fused-ring (bicyclic) bond motifs is 1. The van der Waals surface area contributed by atoms with Crippen molar-refractivity contribution in [1.82, 2.24) is 14.4 Å². The SMILES string of the molecule is CCC(C(=O)N1CCN(CC)CC1)n1c(=NC(=O)c2ccccc2F)sc2ccccc21. The fraction of sp³-hybridized carbons (Fsp3) is 0.375. The summed E-state index contributed by atoms with van der Waals surface area (Å²) in [6.45, 7) is 8.16. The third-order valence-corrected chi connectivity index (χ3v) is 6.98. The first-order valence-electron chi connectivity index (χ1n) is 11.0. The van der Waals surface area contributed by atoms with Crippen molar-refractivity contribution in [2.24, 2.45) is 4.99 Å². The standard InChI is InChI=1S/C24H27FN4O2S/c1-3-19(23(31)28-15-13-27(4-2)14-16-28)29-20-11-7-8-12-21(20)32-24(29)26-22(30)17-9-5-6-10-18(17)25/h5-12,19H,3-4,13-16H2,1-2H3. The summed E-state index contributed by atoms with van der Waals surface area (Å²) in [5.74, 6) is -1.22. The van der Waals surface area contributed by atoms with Crippen LogP contribution in [0, 0.1) is 5.82 Å². The van der Waals surface area contributed by atoms with Gasteiger partial charge in [0, 0.05) is 26.2 Å². The molecular formula is C24H27FN4O2S. The summed E-state index contributed by atoms with van der Waals surface area (Å²) in [5, 5.41) is 0. The molecule has 1 fully saturated rings. The predicted molar refractivity (Wildman–Crippen MR) is 124 cm³/mol. The third-order valence-electron chi connectivity index (χ3n) is 5.95. The summed E-state index contributed by atoms with van der Waals surface area (Å²) in [5.41, 5.74) is 0.775. The van der Waals surface area contributed by atoms with Crippen LogP contribution in [-0.2, 0) is 4.79 Å². The van der Waals surface area contributed by atoms with E-state index in [0.717, 1.165) is 29.9 Å². The zero-order chi connectivity index (χ0) is 22.7. The van der Waals surface area contributed by atoms with E-state index in [1.807, 2.05) is 40.7 Å². The molecule has 0 aliphatic carbocycles. The van der Waals surface area contributed by atoms with E-state index >= 15 is 0 Å². The van der Waals surface area contributed by atoms with Gasteiger partial charge in [0.1, 0.15) is 11.9 Å². The lowest BCUT2D eigenvalue weighted by atomic mass is 10.1. The lowest BCUT2D eigenvalue weighted by Gasteiger charge is -2.36. The van der Waals surface area contributed by atoms with Crippen LogP contribution in [-0.4, -0.2) is 58.9 Å². The number of hydrogen-bond acceptors (Lipinski definition) is 4. The minimum atomic E-state index is -0.651. The number of thiazole rings is 1. The molecule has 0 spiro atoms. The highest BCUT2D eigenvalue weighted by atomic mass is 32.1. The largest absolute Gasteiger partial charge is 0.338 e. The average molecular weight is 455 g/mol. The Bertz CT molecular complexity index is 1190. The van der Waals surface area contributed by atoms with Crippen LogP contribution in [0.4, 0.5) is 4.39 Å². The molecule has 0 bridgehead atoms. The average Bonchev–Trinajstić information content (AvgIpc) is 3.17. The molecule has 0 saturated carbocycles. The lowest BCUT2D eigenvalue weighted by molar-refractivity contribution is -0.136. The monoisotopic (exact) mass is 454 g/mol. The number of aromatic nitrogens is 1. The summed E-state index contributed by atoms with van der Waals surface area (Å²) in [7, 11) is 0. The molecule has 0 radical (unpaired) electrons. The zero-order valence-electron chi connectivity index (χ0n) is 18.3. The molecule has 1 aromatic heterocycles. The molecular weight excluding hydrogens is 427 g/mol. The Balaban J connectivity index is 1.76. The van der Waals surface area contributed by atoms with Gasteiger partial charge in [-0.2, -0.15) is 4.99 Å². The van der Waals surface area contributed by atoms with Crippen molar-refractivity contribution in [1.29, 1.82) is 0 Å². The van der Waals surface area contributed by atoms with Gasteiger partial charge in [-0.15, -0.1) is 0 Å². The summed E-state index contributed by atoms with van der Waals surface area (Å²) in [6, 6.07) is 13.0. The number of nitrogens with zero attached hydrogens (tertiary/aromatic N) is 4. The van der Waals surface area contributed by atoms with Gasteiger partial charge >= 0.3 is 0 Å². The Morgan fingerprint density at radius 1 is 1.03 bits per heavy atom. The molecule has 4 rings (SSSR count).